The van der Waals surface area contributed by atoms with Crippen LogP contribution in [0.25, 0.3) is 0 Å². The van der Waals surface area contributed by atoms with Gasteiger partial charge in [-0.05, 0) is 61.9 Å². The number of carbonyl (C=O) groups is 1. The van der Waals surface area contributed by atoms with E-state index in [1.165, 1.54) is 18.4 Å². The highest BCUT2D eigenvalue weighted by Crippen LogP contribution is 2.36. The number of alkyl halides is 3. The summed E-state index contributed by atoms with van der Waals surface area (Å²) in [5.74, 6) is -1.20. The summed E-state index contributed by atoms with van der Waals surface area (Å²) in [5, 5.41) is 17.7. The average molecular weight is 525 g/mol. The summed E-state index contributed by atoms with van der Waals surface area (Å²) in [6, 6.07) is 6.36. The molecule has 1 aromatic carbocycles. The number of benzene rings is 1. The lowest BCUT2D eigenvalue weighted by molar-refractivity contribution is -0.274. The van der Waals surface area contributed by atoms with Gasteiger partial charge in [0.05, 0.1) is 12.1 Å². The lowest BCUT2D eigenvalue weighted by atomic mass is 9.79. The van der Waals surface area contributed by atoms with Crippen LogP contribution >= 0.6 is 11.3 Å². The predicted octanol–water partition coefficient (Wildman–Crippen LogP) is 5.38. The minimum absolute atomic E-state index is 0.181. The fraction of sp³-hybridized carbons (Fsp3) is 0.458. The summed E-state index contributed by atoms with van der Waals surface area (Å²) in [6.45, 7) is 0. The van der Waals surface area contributed by atoms with E-state index in [9.17, 15) is 22.4 Å². The van der Waals surface area contributed by atoms with Crippen molar-refractivity contribution in [1.29, 1.82) is 0 Å². The quantitative estimate of drug-likeness (QED) is 0.347. The van der Waals surface area contributed by atoms with Crippen LogP contribution in [0.1, 0.15) is 59.0 Å². The van der Waals surface area contributed by atoms with Crippen LogP contribution in [0.4, 0.5) is 17.6 Å². The van der Waals surface area contributed by atoms with Crippen molar-refractivity contribution in [3.8, 4) is 5.75 Å². The Morgan fingerprint density at radius 2 is 1.86 bits per heavy atom. The van der Waals surface area contributed by atoms with Crippen LogP contribution in [0, 0.1) is 11.7 Å². The third kappa shape index (κ3) is 6.82. The molecular weight excluding hydrogens is 500 g/mol. The number of halogens is 4. The maximum Gasteiger partial charge on any atom is 0.573 e. The van der Waals surface area contributed by atoms with Crippen molar-refractivity contribution in [3.63, 3.8) is 0 Å². The highest BCUT2D eigenvalue weighted by atomic mass is 32.1. The Morgan fingerprint density at radius 1 is 1.11 bits per heavy atom. The molecule has 1 aliphatic rings. The zero-order chi connectivity index (χ0) is 25.7. The summed E-state index contributed by atoms with van der Waals surface area (Å²) in [5.41, 5.74) is 0.682. The molecule has 7 nitrogen and oxygen atoms in total. The number of aromatic nitrogens is 4. The van der Waals surface area contributed by atoms with Gasteiger partial charge in [-0.2, -0.15) is 10.2 Å². The summed E-state index contributed by atoms with van der Waals surface area (Å²) in [4.78, 5) is 12.8. The molecule has 36 heavy (non-hydrogen) atoms. The maximum atomic E-state index is 14.3. The van der Waals surface area contributed by atoms with E-state index in [4.69, 9.17) is 4.74 Å². The van der Waals surface area contributed by atoms with Gasteiger partial charge in [0.15, 0.2) is 5.78 Å². The van der Waals surface area contributed by atoms with E-state index in [1.54, 1.807) is 6.20 Å². The first-order valence-corrected chi connectivity index (χ1v) is 12.2. The molecule has 0 N–H and O–H groups in total. The standard InChI is InChI=1S/C24H24F4N4O3S/c1-34-23(17-12-16(8-9-18(17)25)35-24(26,27)28)20(33)13-22-32-31-21(36-22)11-14-4-6-15(7-5-14)19-3-2-10-29-30-19/h2-3,8-10,12,14-15,23H,4-7,11,13H2,1H3. The van der Waals surface area contributed by atoms with Crippen molar-refractivity contribution in [3.05, 3.63) is 63.6 Å². The Hall–Kier alpha value is -2.99. The Bertz CT molecular complexity index is 1170. The molecule has 192 valence electrons. The number of hydrogen-bond donors (Lipinski definition) is 0. The first-order chi connectivity index (χ1) is 17.2. The summed E-state index contributed by atoms with van der Waals surface area (Å²) >= 11 is 1.30. The molecule has 1 unspecified atom stereocenters. The molecule has 0 spiro atoms. The molecule has 2 aromatic heterocycles. The van der Waals surface area contributed by atoms with Gasteiger partial charge in [-0.25, -0.2) is 4.39 Å². The van der Waals surface area contributed by atoms with Crippen molar-refractivity contribution in [2.75, 3.05) is 7.11 Å². The van der Waals surface area contributed by atoms with E-state index in [0.717, 1.165) is 61.0 Å². The number of methoxy groups -OCH3 is 1. The van der Waals surface area contributed by atoms with Crippen molar-refractivity contribution in [2.24, 2.45) is 5.92 Å². The minimum atomic E-state index is -4.94. The first-order valence-electron chi connectivity index (χ1n) is 11.4. The third-order valence-corrected chi connectivity index (χ3v) is 7.11. The van der Waals surface area contributed by atoms with E-state index in [-0.39, 0.29) is 12.0 Å². The lowest BCUT2D eigenvalue weighted by Gasteiger charge is -2.27. The fourth-order valence-corrected chi connectivity index (χ4v) is 5.44. The molecule has 1 atom stereocenters. The van der Waals surface area contributed by atoms with Gasteiger partial charge in [0.2, 0.25) is 0 Å². The van der Waals surface area contributed by atoms with Gasteiger partial charge in [-0.15, -0.1) is 34.7 Å². The van der Waals surface area contributed by atoms with Gasteiger partial charge in [0.25, 0.3) is 0 Å². The second kappa shape index (κ2) is 11.4. The molecule has 0 bridgehead atoms. The number of Topliss-reactive ketones (excluding diaryl/α,β-unsaturated/α-hetero) is 1. The largest absolute Gasteiger partial charge is 0.573 e. The molecule has 1 saturated carbocycles. The van der Waals surface area contributed by atoms with Crippen LogP contribution < -0.4 is 4.74 Å². The van der Waals surface area contributed by atoms with Gasteiger partial charge < -0.3 is 9.47 Å². The van der Waals surface area contributed by atoms with E-state index in [1.807, 2.05) is 12.1 Å². The van der Waals surface area contributed by atoms with Crippen LogP contribution in [-0.4, -0.2) is 39.7 Å². The number of nitrogens with zero attached hydrogens (tertiary/aromatic N) is 4. The lowest BCUT2D eigenvalue weighted by Crippen LogP contribution is -2.20. The average Bonchev–Trinajstić information content (AvgIpc) is 3.28. The minimum Gasteiger partial charge on any atom is -0.406 e. The molecule has 0 aliphatic heterocycles. The van der Waals surface area contributed by atoms with Crippen molar-refractivity contribution in [2.45, 2.75) is 56.9 Å². The fourth-order valence-electron chi connectivity index (χ4n) is 4.48. The smallest absolute Gasteiger partial charge is 0.406 e. The third-order valence-electron chi connectivity index (χ3n) is 6.17. The number of ketones is 1. The normalized spacial score (nSPS) is 19.1. The van der Waals surface area contributed by atoms with Crippen LogP contribution in [0.2, 0.25) is 0 Å². The van der Waals surface area contributed by atoms with Crippen molar-refractivity contribution >= 4 is 17.1 Å². The van der Waals surface area contributed by atoms with Crippen molar-refractivity contribution < 1.29 is 31.8 Å². The zero-order valence-electron chi connectivity index (χ0n) is 19.4. The number of carbonyl (C=O) groups excluding carboxylic acids is 1. The highest BCUT2D eigenvalue weighted by molar-refractivity contribution is 7.11. The molecule has 4 rings (SSSR count). The van der Waals surface area contributed by atoms with Gasteiger partial charge in [-0.1, -0.05) is 0 Å². The monoisotopic (exact) mass is 524 g/mol. The van der Waals surface area contributed by atoms with E-state index in [0.29, 0.717) is 16.8 Å². The first kappa shape index (κ1) is 26.1. The van der Waals surface area contributed by atoms with Gasteiger partial charge in [-0.3, -0.25) is 4.79 Å². The predicted molar refractivity (Wildman–Crippen MR) is 122 cm³/mol. The van der Waals surface area contributed by atoms with E-state index < -0.39 is 29.8 Å². The van der Waals surface area contributed by atoms with Gasteiger partial charge in [0.1, 0.15) is 27.7 Å². The zero-order valence-corrected chi connectivity index (χ0v) is 20.2. The topological polar surface area (TPSA) is 87.1 Å². The second-order valence-electron chi connectivity index (χ2n) is 8.65. The molecule has 0 saturated heterocycles. The summed E-state index contributed by atoms with van der Waals surface area (Å²) < 4.78 is 60.9. The SMILES string of the molecule is COC(C(=O)Cc1nnc(CC2CCC(c3cccnn3)CC2)s1)c1cc(OC(F)(F)F)ccc1F. The number of hydrogen-bond acceptors (Lipinski definition) is 8. The van der Waals surface area contributed by atoms with Crippen LogP contribution in [0.15, 0.2) is 36.5 Å². The molecule has 12 heteroatoms. The summed E-state index contributed by atoms with van der Waals surface area (Å²) in [7, 11) is 1.18. The van der Waals surface area contributed by atoms with E-state index in [2.05, 4.69) is 25.1 Å². The second-order valence-corrected chi connectivity index (χ2v) is 9.80. The number of ether oxygens (including phenoxy) is 2. The Labute approximate surface area is 208 Å². The van der Waals surface area contributed by atoms with Gasteiger partial charge in [0, 0.05) is 31.2 Å². The van der Waals surface area contributed by atoms with E-state index >= 15 is 0 Å². The van der Waals surface area contributed by atoms with Crippen molar-refractivity contribution in [1.82, 2.24) is 20.4 Å². The summed E-state index contributed by atoms with van der Waals surface area (Å²) in [6.07, 6.45) is -0.0374. The van der Waals surface area contributed by atoms with Crippen LogP contribution in [-0.2, 0) is 22.4 Å². The Balaban J connectivity index is 1.35. The molecule has 2 heterocycles. The Morgan fingerprint density at radius 3 is 2.53 bits per heavy atom. The molecule has 3 aromatic rings. The molecule has 1 fully saturated rings. The maximum absolute atomic E-state index is 14.3. The molecule has 1 aliphatic carbocycles. The van der Waals surface area contributed by atoms with Crippen LogP contribution in [0.3, 0.4) is 0 Å². The van der Waals surface area contributed by atoms with Gasteiger partial charge >= 0.3 is 6.36 Å². The Kier molecular flexibility index (Phi) is 8.24. The van der Waals surface area contributed by atoms with Crippen LogP contribution in [0.5, 0.6) is 5.75 Å². The highest BCUT2D eigenvalue weighted by Gasteiger charge is 2.32. The number of rotatable bonds is 9. The molecule has 0 radical (unpaired) electrons. The molecular formula is C24H24F4N4O3S. The molecule has 0 amide bonds.